The quantitative estimate of drug-likeness (QED) is 0.564. The van der Waals surface area contributed by atoms with Crippen molar-refractivity contribution in [1.82, 2.24) is 9.99 Å². The molecule has 0 aliphatic carbocycles. The monoisotopic (exact) mass is 355 g/mol. The number of rotatable bonds is 5. The van der Waals surface area contributed by atoms with Crippen LogP contribution in [0.15, 0.2) is 75.3 Å². The molecule has 2 heterocycles. The maximum Gasteiger partial charge on any atom is 0.276 e. The molecule has 0 spiro atoms. The van der Waals surface area contributed by atoms with Crippen LogP contribution in [0.4, 0.5) is 0 Å². The van der Waals surface area contributed by atoms with E-state index in [1.807, 2.05) is 12.1 Å². The minimum absolute atomic E-state index is 0.00746. The summed E-state index contributed by atoms with van der Waals surface area (Å²) in [5.74, 6) is -0.0910. The number of pyridine rings is 1. The average molecular weight is 356 g/mol. The third-order valence-corrected chi connectivity index (χ3v) is 3.68. The lowest BCUT2D eigenvalue weighted by molar-refractivity contribution is 0.0953. The molecule has 3 aromatic rings. The van der Waals surface area contributed by atoms with Crippen LogP contribution in [0.3, 0.4) is 0 Å². The van der Waals surface area contributed by atoms with E-state index in [-0.39, 0.29) is 5.56 Å². The number of hydrogen-bond donors (Lipinski definition) is 1. The van der Waals surface area contributed by atoms with Crippen LogP contribution in [0.1, 0.15) is 21.7 Å². The molecule has 0 saturated heterocycles. The molecule has 6 nitrogen and oxygen atoms in total. The van der Waals surface area contributed by atoms with Crippen LogP contribution in [0, 0.1) is 0 Å². The van der Waals surface area contributed by atoms with E-state index in [4.69, 9.17) is 16.0 Å². The number of carbonyl (C=O) groups excluding carboxylic acids is 1. The summed E-state index contributed by atoms with van der Waals surface area (Å²) in [6.07, 6.45) is 4.47. The molecule has 7 heteroatoms. The largest absolute Gasteiger partial charge is 0.463 e. The number of furan rings is 1. The van der Waals surface area contributed by atoms with Gasteiger partial charge >= 0.3 is 0 Å². The van der Waals surface area contributed by atoms with Gasteiger partial charge in [0.2, 0.25) is 0 Å². The summed E-state index contributed by atoms with van der Waals surface area (Å²) in [5.41, 5.74) is 2.83. The lowest BCUT2D eigenvalue weighted by Crippen LogP contribution is -2.30. The van der Waals surface area contributed by atoms with Crippen LogP contribution < -0.4 is 11.0 Å². The van der Waals surface area contributed by atoms with Crippen molar-refractivity contribution in [2.75, 3.05) is 0 Å². The maximum absolute atomic E-state index is 12.5. The van der Waals surface area contributed by atoms with Crippen LogP contribution in [0.25, 0.3) is 0 Å². The van der Waals surface area contributed by atoms with E-state index in [2.05, 4.69) is 10.5 Å². The maximum atomic E-state index is 12.5. The SMILES string of the molecule is O=C(N/N=C\c1ccco1)c1cccn(Cc2ccc(Cl)cc2)c1=O. The fraction of sp³-hybridized carbons (Fsp3) is 0.0556. The Morgan fingerprint density at radius 1 is 1.20 bits per heavy atom. The summed E-state index contributed by atoms with van der Waals surface area (Å²) in [5, 5.41) is 4.40. The highest BCUT2D eigenvalue weighted by molar-refractivity contribution is 6.30. The normalized spacial score (nSPS) is 10.9. The van der Waals surface area contributed by atoms with E-state index in [9.17, 15) is 9.59 Å². The lowest BCUT2D eigenvalue weighted by atomic mass is 10.2. The van der Waals surface area contributed by atoms with Gasteiger partial charge in [-0.15, -0.1) is 0 Å². The Kier molecular flexibility index (Phi) is 5.11. The zero-order chi connectivity index (χ0) is 17.6. The van der Waals surface area contributed by atoms with E-state index >= 15 is 0 Å². The fourth-order valence-electron chi connectivity index (χ4n) is 2.20. The lowest BCUT2D eigenvalue weighted by Gasteiger charge is -2.07. The molecular formula is C18H14ClN3O3. The van der Waals surface area contributed by atoms with Crippen molar-refractivity contribution in [2.24, 2.45) is 5.10 Å². The second-order valence-corrected chi connectivity index (χ2v) is 5.63. The fourth-order valence-corrected chi connectivity index (χ4v) is 2.33. The molecule has 1 amide bonds. The topological polar surface area (TPSA) is 76.6 Å². The van der Waals surface area contributed by atoms with Gasteiger partial charge in [0.1, 0.15) is 11.3 Å². The summed E-state index contributed by atoms with van der Waals surface area (Å²) < 4.78 is 6.52. The van der Waals surface area contributed by atoms with Gasteiger partial charge in [0.25, 0.3) is 11.5 Å². The predicted octanol–water partition coefficient (Wildman–Crippen LogP) is 2.91. The third-order valence-electron chi connectivity index (χ3n) is 3.43. The Labute approximate surface area is 148 Å². The highest BCUT2D eigenvalue weighted by Crippen LogP contribution is 2.10. The Morgan fingerprint density at radius 3 is 2.72 bits per heavy atom. The van der Waals surface area contributed by atoms with Crippen molar-refractivity contribution in [3.63, 3.8) is 0 Å². The Balaban J connectivity index is 1.74. The molecule has 1 N–H and O–H groups in total. The van der Waals surface area contributed by atoms with Crippen LogP contribution >= 0.6 is 11.6 Å². The van der Waals surface area contributed by atoms with Gasteiger partial charge in [-0.3, -0.25) is 9.59 Å². The standard InChI is InChI=1S/C18H14ClN3O3/c19-14-7-5-13(6-8-14)12-22-9-1-4-16(18(22)24)17(23)21-20-11-15-3-2-10-25-15/h1-11H,12H2,(H,21,23)/b20-11-. The second kappa shape index (κ2) is 7.63. The minimum Gasteiger partial charge on any atom is -0.463 e. The average Bonchev–Trinajstić information content (AvgIpc) is 3.12. The number of aromatic nitrogens is 1. The highest BCUT2D eigenvalue weighted by atomic mass is 35.5. The molecule has 0 fully saturated rings. The van der Waals surface area contributed by atoms with Crippen molar-refractivity contribution in [3.05, 3.63) is 93.3 Å². The number of carbonyl (C=O) groups is 1. The zero-order valence-corrected chi connectivity index (χ0v) is 13.8. The first kappa shape index (κ1) is 16.7. The number of benzene rings is 1. The molecule has 0 atom stereocenters. The number of nitrogens with one attached hydrogen (secondary N) is 1. The molecule has 0 aliphatic heterocycles. The molecule has 25 heavy (non-hydrogen) atoms. The molecule has 0 bridgehead atoms. The Bertz CT molecular complexity index is 944. The molecule has 3 rings (SSSR count). The van der Waals surface area contributed by atoms with E-state index < -0.39 is 11.5 Å². The molecule has 1 aromatic carbocycles. The zero-order valence-electron chi connectivity index (χ0n) is 13.1. The van der Waals surface area contributed by atoms with E-state index in [1.165, 1.54) is 23.1 Å². The van der Waals surface area contributed by atoms with Gasteiger partial charge in [-0.25, -0.2) is 5.43 Å². The van der Waals surface area contributed by atoms with Crippen LogP contribution in [-0.2, 0) is 6.54 Å². The van der Waals surface area contributed by atoms with Crippen LogP contribution in [0.2, 0.25) is 5.02 Å². The Morgan fingerprint density at radius 2 is 2.00 bits per heavy atom. The van der Waals surface area contributed by atoms with Gasteiger partial charge in [-0.2, -0.15) is 5.10 Å². The van der Waals surface area contributed by atoms with Crippen LogP contribution in [0.5, 0.6) is 0 Å². The van der Waals surface area contributed by atoms with Crippen molar-refractivity contribution >= 4 is 23.7 Å². The van der Waals surface area contributed by atoms with Gasteiger partial charge in [-0.1, -0.05) is 23.7 Å². The van der Waals surface area contributed by atoms with Gasteiger partial charge in [0.05, 0.1) is 19.0 Å². The second-order valence-electron chi connectivity index (χ2n) is 5.20. The van der Waals surface area contributed by atoms with E-state index in [1.54, 1.807) is 36.5 Å². The van der Waals surface area contributed by atoms with E-state index in [0.29, 0.717) is 17.3 Å². The molecule has 2 aromatic heterocycles. The summed E-state index contributed by atoms with van der Waals surface area (Å²) in [7, 11) is 0. The molecule has 0 unspecified atom stereocenters. The predicted molar refractivity (Wildman–Crippen MR) is 95.0 cm³/mol. The van der Waals surface area contributed by atoms with Crippen molar-refractivity contribution in [1.29, 1.82) is 0 Å². The number of halogens is 1. The number of hydrogen-bond acceptors (Lipinski definition) is 4. The van der Waals surface area contributed by atoms with Crippen LogP contribution in [-0.4, -0.2) is 16.7 Å². The number of nitrogens with zero attached hydrogens (tertiary/aromatic N) is 2. The van der Waals surface area contributed by atoms with Gasteiger partial charge in [0, 0.05) is 11.2 Å². The first-order valence-electron chi connectivity index (χ1n) is 7.44. The van der Waals surface area contributed by atoms with Crippen molar-refractivity contribution < 1.29 is 9.21 Å². The van der Waals surface area contributed by atoms with Gasteiger partial charge < -0.3 is 8.98 Å². The number of hydrazone groups is 1. The van der Waals surface area contributed by atoms with Crippen molar-refractivity contribution in [2.45, 2.75) is 6.54 Å². The highest BCUT2D eigenvalue weighted by Gasteiger charge is 2.11. The molecule has 126 valence electrons. The third kappa shape index (κ3) is 4.24. The molecule has 0 aliphatic rings. The summed E-state index contributed by atoms with van der Waals surface area (Å²) in [6, 6.07) is 13.7. The number of amides is 1. The molecule has 0 saturated carbocycles. The summed E-state index contributed by atoms with van der Waals surface area (Å²) >= 11 is 5.86. The molecule has 0 radical (unpaired) electrons. The molecular weight excluding hydrogens is 342 g/mol. The Hall–Kier alpha value is -3.12. The van der Waals surface area contributed by atoms with E-state index in [0.717, 1.165) is 5.56 Å². The van der Waals surface area contributed by atoms with Crippen molar-refractivity contribution in [3.8, 4) is 0 Å². The first-order chi connectivity index (χ1) is 12.1. The van der Waals surface area contributed by atoms with Gasteiger partial charge in [-0.05, 0) is 42.0 Å². The summed E-state index contributed by atoms with van der Waals surface area (Å²) in [4.78, 5) is 24.6. The first-order valence-corrected chi connectivity index (χ1v) is 7.82. The summed E-state index contributed by atoms with van der Waals surface area (Å²) in [6.45, 7) is 0.340. The smallest absolute Gasteiger partial charge is 0.276 e. The minimum atomic E-state index is -0.585. The van der Waals surface area contributed by atoms with Gasteiger partial charge in [0.15, 0.2) is 0 Å².